The minimum atomic E-state index is -0.0613. The minimum absolute atomic E-state index is 0.0613. The van der Waals surface area contributed by atoms with Crippen LogP contribution in [-0.4, -0.2) is 38.8 Å². The molecular weight excluding hydrogens is 417 g/mol. The lowest BCUT2D eigenvalue weighted by Gasteiger charge is -2.28. The summed E-state index contributed by atoms with van der Waals surface area (Å²) in [5, 5.41) is 6.07. The molecule has 24 heavy (non-hydrogen) atoms. The Morgan fingerprint density at radius 3 is 2.50 bits per heavy atom. The fourth-order valence-corrected chi connectivity index (χ4v) is 3.14. The topological polar surface area (TPSA) is 53.6 Å². The van der Waals surface area contributed by atoms with E-state index in [9.17, 15) is 4.79 Å². The third-order valence-corrected chi connectivity index (χ3v) is 4.78. The van der Waals surface area contributed by atoms with Gasteiger partial charge in [0.1, 0.15) is 0 Å². The average Bonchev–Trinajstić information content (AvgIpc) is 2.62. The molecule has 0 aromatic heterocycles. The van der Waals surface area contributed by atoms with Crippen LogP contribution in [0.1, 0.15) is 0 Å². The monoisotopic (exact) mass is 437 g/mol. The second-order valence-corrected chi connectivity index (χ2v) is 6.69. The Morgan fingerprint density at radius 2 is 1.79 bits per heavy atom. The molecule has 2 aromatic rings. The molecule has 1 amide bonds. The normalized spacial score (nSPS) is 14.3. The molecule has 0 atom stereocenters. The minimum Gasteiger partial charge on any atom is -0.378 e. The molecule has 0 bridgehead atoms. The fraction of sp³-hybridized carbons (Fsp3) is 0.278. The molecule has 2 N–H and O–H groups in total. The molecule has 1 heterocycles. The maximum atomic E-state index is 12.1. The molecule has 1 aliphatic heterocycles. The zero-order valence-corrected chi connectivity index (χ0v) is 15.5. The van der Waals surface area contributed by atoms with Crippen molar-refractivity contribution in [3.63, 3.8) is 0 Å². The summed E-state index contributed by atoms with van der Waals surface area (Å²) in [5.41, 5.74) is 2.94. The van der Waals surface area contributed by atoms with E-state index in [0.717, 1.165) is 46.9 Å². The number of hydrogen-bond donors (Lipinski definition) is 2. The number of halogens is 1. The zero-order chi connectivity index (χ0) is 16.8. The van der Waals surface area contributed by atoms with Crippen molar-refractivity contribution in [2.45, 2.75) is 0 Å². The average molecular weight is 437 g/mol. The standard InChI is InChI=1S/C18H20IN3O2/c19-16-3-1-2-4-17(16)20-13-18(23)21-14-5-7-15(8-6-14)22-9-11-24-12-10-22/h1-8,20H,9-13H2,(H,21,23). The van der Waals surface area contributed by atoms with E-state index < -0.39 is 0 Å². The molecule has 1 aliphatic rings. The number of amides is 1. The summed E-state index contributed by atoms with van der Waals surface area (Å²) in [4.78, 5) is 14.4. The highest BCUT2D eigenvalue weighted by molar-refractivity contribution is 14.1. The van der Waals surface area contributed by atoms with Crippen LogP contribution in [0.25, 0.3) is 0 Å². The highest BCUT2D eigenvalue weighted by Gasteiger charge is 2.11. The van der Waals surface area contributed by atoms with Crippen LogP contribution in [0.15, 0.2) is 48.5 Å². The molecule has 1 fully saturated rings. The van der Waals surface area contributed by atoms with Crippen LogP contribution in [0.4, 0.5) is 17.1 Å². The number of morpholine rings is 1. The van der Waals surface area contributed by atoms with Gasteiger partial charge in [0.2, 0.25) is 5.91 Å². The van der Waals surface area contributed by atoms with Crippen LogP contribution in [-0.2, 0) is 9.53 Å². The van der Waals surface area contributed by atoms with Crippen molar-refractivity contribution >= 4 is 45.6 Å². The molecule has 3 rings (SSSR count). The predicted molar refractivity (Wildman–Crippen MR) is 106 cm³/mol. The highest BCUT2D eigenvalue weighted by atomic mass is 127. The van der Waals surface area contributed by atoms with Crippen molar-refractivity contribution in [3.05, 3.63) is 52.1 Å². The SMILES string of the molecule is O=C(CNc1ccccc1I)Nc1ccc(N2CCOCC2)cc1. The van der Waals surface area contributed by atoms with Crippen LogP contribution < -0.4 is 15.5 Å². The van der Waals surface area contributed by atoms with Crippen molar-refractivity contribution in [2.24, 2.45) is 0 Å². The van der Waals surface area contributed by atoms with Gasteiger partial charge in [-0.25, -0.2) is 0 Å². The largest absolute Gasteiger partial charge is 0.378 e. The number of anilines is 3. The van der Waals surface area contributed by atoms with E-state index in [1.54, 1.807) is 0 Å². The van der Waals surface area contributed by atoms with Gasteiger partial charge in [0.15, 0.2) is 0 Å². The summed E-state index contributed by atoms with van der Waals surface area (Å²) >= 11 is 2.25. The van der Waals surface area contributed by atoms with E-state index in [4.69, 9.17) is 4.74 Å². The first-order valence-electron chi connectivity index (χ1n) is 7.93. The summed E-state index contributed by atoms with van der Waals surface area (Å²) in [6.45, 7) is 3.59. The number of nitrogens with zero attached hydrogens (tertiary/aromatic N) is 1. The molecule has 5 nitrogen and oxygen atoms in total. The lowest BCUT2D eigenvalue weighted by molar-refractivity contribution is -0.114. The van der Waals surface area contributed by atoms with Gasteiger partial charge in [0.25, 0.3) is 0 Å². The number of ether oxygens (including phenoxy) is 1. The summed E-state index contributed by atoms with van der Waals surface area (Å²) in [6.07, 6.45) is 0. The number of rotatable bonds is 5. The zero-order valence-electron chi connectivity index (χ0n) is 13.3. The van der Waals surface area contributed by atoms with Gasteiger partial charge in [-0.2, -0.15) is 0 Å². The maximum Gasteiger partial charge on any atom is 0.243 e. The van der Waals surface area contributed by atoms with E-state index in [1.807, 2.05) is 48.5 Å². The fourth-order valence-electron chi connectivity index (χ4n) is 2.56. The number of hydrogen-bond acceptors (Lipinski definition) is 4. The van der Waals surface area contributed by atoms with E-state index in [0.29, 0.717) is 0 Å². The Kier molecular flexibility index (Phi) is 5.92. The molecule has 0 unspecified atom stereocenters. The van der Waals surface area contributed by atoms with Crippen molar-refractivity contribution in [2.75, 3.05) is 48.4 Å². The first kappa shape index (κ1) is 17.0. The molecule has 0 aliphatic carbocycles. The maximum absolute atomic E-state index is 12.1. The van der Waals surface area contributed by atoms with Crippen molar-refractivity contribution in [3.8, 4) is 0 Å². The number of nitrogens with one attached hydrogen (secondary N) is 2. The van der Waals surface area contributed by atoms with Crippen molar-refractivity contribution in [1.29, 1.82) is 0 Å². The molecule has 0 radical (unpaired) electrons. The Labute approximate surface area is 155 Å². The Bertz CT molecular complexity index is 685. The molecule has 126 valence electrons. The summed E-state index contributed by atoms with van der Waals surface area (Å²) in [5.74, 6) is -0.0613. The predicted octanol–water partition coefficient (Wildman–Crippen LogP) is 3.18. The van der Waals surface area contributed by atoms with Gasteiger partial charge in [-0.05, 0) is 59.0 Å². The van der Waals surface area contributed by atoms with Crippen LogP contribution >= 0.6 is 22.6 Å². The Hall–Kier alpha value is -1.80. The lowest BCUT2D eigenvalue weighted by Crippen LogP contribution is -2.36. The van der Waals surface area contributed by atoms with Crippen LogP contribution in [0.3, 0.4) is 0 Å². The molecule has 0 spiro atoms. The van der Waals surface area contributed by atoms with Gasteiger partial charge in [-0.3, -0.25) is 4.79 Å². The van der Waals surface area contributed by atoms with Gasteiger partial charge in [-0.15, -0.1) is 0 Å². The van der Waals surface area contributed by atoms with Crippen LogP contribution in [0.2, 0.25) is 0 Å². The number of carbonyl (C=O) groups excluding carboxylic acids is 1. The number of para-hydroxylation sites is 1. The van der Waals surface area contributed by atoms with Gasteiger partial charge < -0.3 is 20.3 Å². The number of benzene rings is 2. The third-order valence-electron chi connectivity index (χ3n) is 3.84. The van der Waals surface area contributed by atoms with Crippen molar-refractivity contribution < 1.29 is 9.53 Å². The third kappa shape index (κ3) is 4.61. The second kappa shape index (κ2) is 8.34. The molecule has 1 saturated heterocycles. The highest BCUT2D eigenvalue weighted by Crippen LogP contribution is 2.19. The van der Waals surface area contributed by atoms with E-state index in [1.165, 1.54) is 0 Å². The van der Waals surface area contributed by atoms with Crippen LogP contribution in [0, 0.1) is 3.57 Å². The Balaban J connectivity index is 1.52. The van der Waals surface area contributed by atoms with Crippen molar-refractivity contribution in [1.82, 2.24) is 0 Å². The Morgan fingerprint density at radius 1 is 1.08 bits per heavy atom. The van der Waals surface area contributed by atoms with Crippen LogP contribution in [0.5, 0.6) is 0 Å². The summed E-state index contributed by atoms with van der Waals surface area (Å²) in [7, 11) is 0. The summed E-state index contributed by atoms with van der Waals surface area (Å²) < 4.78 is 6.46. The molecule has 6 heteroatoms. The first-order chi connectivity index (χ1) is 11.7. The summed E-state index contributed by atoms with van der Waals surface area (Å²) in [6, 6.07) is 15.8. The second-order valence-electron chi connectivity index (χ2n) is 5.53. The van der Waals surface area contributed by atoms with Gasteiger partial charge >= 0.3 is 0 Å². The number of carbonyl (C=O) groups is 1. The van der Waals surface area contributed by atoms with E-state index in [2.05, 4.69) is 38.1 Å². The van der Waals surface area contributed by atoms with Gasteiger partial charge in [-0.1, -0.05) is 12.1 Å². The molecular formula is C18H20IN3O2. The van der Waals surface area contributed by atoms with Gasteiger partial charge in [0.05, 0.1) is 19.8 Å². The smallest absolute Gasteiger partial charge is 0.243 e. The quantitative estimate of drug-likeness (QED) is 0.706. The van der Waals surface area contributed by atoms with E-state index >= 15 is 0 Å². The molecule has 0 saturated carbocycles. The van der Waals surface area contributed by atoms with E-state index in [-0.39, 0.29) is 12.5 Å². The first-order valence-corrected chi connectivity index (χ1v) is 9.01. The molecule has 2 aromatic carbocycles. The lowest BCUT2D eigenvalue weighted by atomic mass is 10.2. The van der Waals surface area contributed by atoms with Gasteiger partial charge in [0, 0.05) is 33.7 Å².